The number of hydrogen-bond donors (Lipinski definition) is 1. The molecule has 0 radical (unpaired) electrons. The topological polar surface area (TPSA) is 29.3 Å². The summed E-state index contributed by atoms with van der Waals surface area (Å²) < 4.78 is 1.96. The van der Waals surface area contributed by atoms with E-state index in [1.165, 1.54) is 0 Å². The van der Waals surface area contributed by atoms with Gasteiger partial charge >= 0.3 is 0 Å². The van der Waals surface area contributed by atoms with Gasteiger partial charge in [0.2, 0.25) is 0 Å². The quantitative estimate of drug-likeness (QED) is 0.791. The Bertz CT molecular complexity index is 422. The lowest BCUT2D eigenvalue weighted by Crippen LogP contribution is -2.04. The summed E-state index contributed by atoms with van der Waals surface area (Å²) >= 11 is 5.84. The monoisotopic (exact) mass is 195 g/mol. The second-order valence-corrected chi connectivity index (χ2v) is 3.31. The van der Waals surface area contributed by atoms with Crippen molar-refractivity contribution in [3.05, 3.63) is 35.2 Å². The van der Waals surface area contributed by atoms with Crippen LogP contribution in [0.1, 0.15) is 5.69 Å². The van der Waals surface area contributed by atoms with Crippen LogP contribution in [0.4, 0.5) is 0 Å². The van der Waals surface area contributed by atoms with Crippen LogP contribution in [0.5, 0.6) is 0 Å². The Morgan fingerprint density at radius 2 is 2.46 bits per heavy atom. The second-order valence-electron chi connectivity index (χ2n) is 2.87. The molecule has 2 aromatic heterocycles. The fraction of sp³-hybridized carbons (Fsp3) is 0.222. The molecule has 2 rings (SSSR count). The first-order valence-electron chi connectivity index (χ1n) is 4.07. The molecule has 0 aliphatic rings. The molecule has 0 atom stereocenters. The summed E-state index contributed by atoms with van der Waals surface area (Å²) in [5, 5.41) is 3.77. The van der Waals surface area contributed by atoms with Crippen LogP contribution in [0.15, 0.2) is 24.5 Å². The second kappa shape index (κ2) is 3.36. The van der Waals surface area contributed by atoms with E-state index < -0.39 is 0 Å². The van der Waals surface area contributed by atoms with Gasteiger partial charge in [-0.05, 0) is 19.2 Å². The number of pyridine rings is 1. The molecule has 0 aliphatic heterocycles. The molecule has 2 heterocycles. The van der Waals surface area contributed by atoms with E-state index in [0.29, 0.717) is 5.02 Å². The highest BCUT2D eigenvalue weighted by Crippen LogP contribution is 2.12. The van der Waals surface area contributed by atoms with E-state index in [1.54, 1.807) is 0 Å². The van der Waals surface area contributed by atoms with Crippen molar-refractivity contribution in [1.29, 1.82) is 0 Å². The van der Waals surface area contributed by atoms with Crippen molar-refractivity contribution in [2.24, 2.45) is 0 Å². The average molecular weight is 196 g/mol. The molecule has 0 unspecified atom stereocenters. The molecule has 2 aromatic rings. The minimum atomic E-state index is 0.717. The van der Waals surface area contributed by atoms with E-state index in [0.717, 1.165) is 17.9 Å². The maximum absolute atomic E-state index is 5.84. The third kappa shape index (κ3) is 1.66. The van der Waals surface area contributed by atoms with Crippen LogP contribution in [0.3, 0.4) is 0 Å². The summed E-state index contributed by atoms with van der Waals surface area (Å²) in [6, 6.07) is 3.69. The van der Waals surface area contributed by atoms with Gasteiger partial charge in [0.25, 0.3) is 0 Å². The first-order valence-corrected chi connectivity index (χ1v) is 4.45. The molecule has 13 heavy (non-hydrogen) atoms. The SMILES string of the molecule is CNCc1cn2ccc(Cl)cc2n1. The molecule has 0 aliphatic carbocycles. The van der Waals surface area contributed by atoms with Gasteiger partial charge in [-0.15, -0.1) is 0 Å². The molecule has 0 saturated carbocycles. The van der Waals surface area contributed by atoms with Crippen molar-refractivity contribution >= 4 is 17.2 Å². The fourth-order valence-corrected chi connectivity index (χ4v) is 1.43. The highest BCUT2D eigenvalue weighted by atomic mass is 35.5. The predicted molar refractivity (Wildman–Crippen MR) is 53.0 cm³/mol. The number of nitrogens with zero attached hydrogens (tertiary/aromatic N) is 2. The minimum Gasteiger partial charge on any atom is -0.314 e. The molecule has 3 nitrogen and oxygen atoms in total. The molecule has 0 spiro atoms. The predicted octanol–water partition coefficient (Wildman–Crippen LogP) is 1.71. The van der Waals surface area contributed by atoms with E-state index in [1.807, 2.05) is 36.0 Å². The molecule has 1 N–H and O–H groups in total. The summed E-state index contributed by atoms with van der Waals surface area (Å²) in [6.45, 7) is 0.777. The summed E-state index contributed by atoms with van der Waals surface area (Å²) in [6.07, 6.45) is 3.89. The molecular weight excluding hydrogens is 186 g/mol. The summed E-state index contributed by atoms with van der Waals surface area (Å²) in [7, 11) is 1.90. The maximum atomic E-state index is 5.84. The number of hydrogen-bond acceptors (Lipinski definition) is 2. The largest absolute Gasteiger partial charge is 0.314 e. The summed E-state index contributed by atoms with van der Waals surface area (Å²) in [5.74, 6) is 0. The number of aromatic nitrogens is 2. The normalized spacial score (nSPS) is 10.9. The molecule has 4 heteroatoms. The van der Waals surface area contributed by atoms with Crippen LogP contribution < -0.4 is 5.32 Å². The van der Waals surface area contributed by atoms with E-state index in [-0.39, 0.29) is 0 Å². The van der Waals surface area contributed by atoms with Gasteiger partial charge in [-0.3, -0.25) is 0 Å². The molecule has 0 aromatic carbocycles. The Morgan fingerprint density at radius 1 is 1.62 bits per heavy atom. The number of imidazole rings is 1. The summed E-state index contributed by atoms with van der Waals surface area (Å²) in [5.41, 5.74) is 1.91. The Balaban J connectivity index is 2.49. The van der Waals surface area contributed by atoms with Crippen LogP contribution in [0.25, 0.3) is 5.65 Å². The number of halogens is 1. The molecule has 68 valence electrons. The van der Waals surface area contributed by atoms with Crippen LogP contribution in [0, 0.1) is 0 Å². The van der Waals surface area contributed by atoms with Gasteiger partial charge < -0.3 is 9.72 Å². The highest BCUT2D eigenvalue weighted by Gasteiger charge is 1.99. The summed E-state index contributed by atoms with van der Waals surface area (Å²) in [4.78, 5) is 4.38. The third-order valence-electron chi connectivity index (χ3n) is 1.83. The molecule has 0 amide bonds. The van der Waals surface area contributed by atoms with Gasteiger partial charge in [0, 0.05) is 24.0 Å². The fourth-order valence-electron chi connectivity index (χ4n) is 1.28. The number of fused-ring (bicyclic) bond motifs is 1. The standard InChI is InChI=1S/C9H10ClN3/c1-11-5-8-6-13-3-2-7(10)4-9(13)12-8/h2-4,6,11H,5H2,1H3. The zero-order chi connectivity index (χ0) is 9.26. The number of rotatable bonds is 2. The van der Waals surface area contributed by atoms with Crippen molar-refractivity contribution < 1.29 is 0 Å². The van der Waals surface area contributed by atoms with Gasteiger partial charge in [0.05, 0.1) is 5.69 Å². The van der Waals surface area contributed by atoms with Gasteiger partial charge in [-0.25, -0.2) is 4.98 Å². The van der Waals surface area contributed by atoms with Crippen molar-refractivity contribution in [3.8, 4) is 0 Å². The lowest BCUT2D eigenvalue weighted by molar-refractivity contribution is 0.798. The number of nitrogens with one attached hydrogen (secondary N) is 1. The van der Waals surface area contributed by atoms with Crippen molar-refractivity contribution in [1.82, 2.24) is 14.7 Å². The van der Waals surface area contributed by atoms with E-state index in [4.69, 9.17) is 11.6 Å². The van der Waals surface area contributed by atoms with E-state index in [9.17, 15) is 0 Å². The van der Waals surface area contributed by atoms with Gasteiger partial charge in [-0.2, -0.15) is 0 Å². The van der Waals surface area contributed by atoms with Crippen molar-refractivity contribution in [2.75, 3.05) is 7.05 Å². The third-order valence-corrected chi connectivity index (χ3v) is 2.07. The lowest BCUT2D eigenvalue weighted by atomic mass is 10.5. The van der Waals surface area contributed by atoms with Gasteiger partial charge in [-0.1, -0.05) is 11.6 Å². The molecular formula is C9H10ClN3. The van der Waals surface area contributed by atoms with E-state index in [2.05, 4.69) is 10.3 Å². The van der Waals surface area contributed by atoms with Crippen molar-refractivity contribution in [3.63, 3.8) is 0 Å². The highest BCUT2D eigenvalue weighted by molar-refractivity contribution is 6.30. The van der Waals surface area contributed by atoms with Gasteiger partial charge in [0.15, 0.2) is 0 Å². The zero-order valence-electron chi connectivity index (χ0n) is 7.29. The molecule has 0 saturated heterocycles. The first-order chi connectivity index (χ1) is 6.29. The van der Waals surface area contributed by atoms with Crippen LogP contribution in [-0.2, 0) is 6.54 Å². The van der Waals surface area contributed by atoms with Gasteiger partial charge in [0.1, 0.15) is 5.65 Å². The average Bonchev–Trinajstić information content (AvgIpc) is 2.46. The maximum Gasteiger partial charge on any atom is 0.138 e. The Kier molecular flexibility index (Phi) is 2.20. The molecule has 0 bridgehead atoms. The van der Waals surface area contributed by atoms with Crippen LogP contribution in [0.2, 0.25) is 5.02 Å². The van der Waals surface area contributed by atoms with Crippen LogP contribution >= 0.6 is 11.6 Å². The molecule has 0 fully saturated rings. The first kappa shape index (κ1) is 8.53. The Hall–Kier alpha value is -1.06. The van der Waals surface area contributed by atoms with Crippen LogP contribution in [-0.4, -0.2) is 16.4 Å². The van der Waals surface area contributed by atoms with E-state index >= 15 is 0 Å². The smallest absolute Gasteiger partial charge is 0.138 e. The minimum absolute atomic E-state index is 0.717. The van der Waals surface area contributed by atoms with Crippen molar-refractivity contribution in [2.45, 2.75) is 6.54 Å². The Morgan fingerprint density at radius 3 is 3.23 bits per heavy atom. The Labute approximate surface area is 81.4 Å². The lowest BCUT2D eigenvalue weighted by Gasteiger charge is -1.90. The zero-order valence-corrected chi connectivity index (χ0v) is 8.04.